The molecule has 0 aliphatic carbocycles. The Balaban J connectivity index is 1.77. The van der Waals surface area contributed by atoms with E-state index in [-0.39, 0.29) is 11.5 Å². The number of phenolic OH excluding ortho intramolecular Hbond substituents is 2. The lowest BCUT2D eigenvalue weighted by atomic mass is 9.92. The minimum Gasteiger partial charge on any atom is -0.507 e. The molecule has 0 spiro atoms. The Hall–Kier alpha value is -3.02. The molecule has 1 aliphatic heterocycles. The molecular weight excluding hydrogens is 435 g/mol. The number of fused-ring (bicyclic) bond motifs is 1. The first kappa shape index (κ1) is 21.2. The first-order chi connectivity index (χ1) is 14.8. The van der Waals surface area contributed by atoms with E-state index in [0.717, 1.165) is 0 Å². The van der Waals surface area contributed by atoms with E-state index in [1.54, 1.807) is 61.5 Å². The van der Waals surface area contributed by atoms with Crippen LogP contribution in [0.25, 0.3) is 0 Å². The topological polar surface area (TPSA) is 74.4 Å². The van der Waals surface area contributed by atoms with E-state index in [1.807, 2.05) is 18.2 Å². The Morgan fingerprint density at radius 3 is 2.03 bits per heavy atom. The van der Waals surface area contributed by atoms with Crippen LogP contribution < -0.4 is 4.74 Å². The quantitative estimate of drug-likeness (QED) is 0.394. The summed E-state index contributed by atoms with van der Waals surface area (Å²) < 4.78 is 4.54. The SMILES string of the molecule is CC1(/N=C/c2ccccc2O)Oc2ccccc2C(N=Cc2ccccc2O)C1(Cl)Cl. The number of benzene rings is 3. The second-order valence-corrected chi connectivity index (χ2v) is 8.69. The van der Waals surface area contributed by atoms with Gasteiger partial charge in [-0.3, -0.25) is 4.99 Å². The molecule has 4 rings (SSSR count). The molecule has 0 aromatic heterocycles. The zero-order valence-corrected chi connectivity index (χ0v) is 18.1. The zero-order valence-electron chi connectivity index (χ0n) is 16.6. The van der Waals surface area contributed by atoms with Gasteiger partial charge in [0, 0.05) is 29.1 Å². The Labute approximate surface area is 190 Å². The number of halogens is 2. The molecule has 31 heavy (non-hydrogen) atoms. The van der Waals surface area contributed by atoms with Crippen molar-refractivity contribution >= 4 is 35.6 Å². The Bertz CT molecular complexity index is 1160. The summed E-state index contributed by atoms with van der Waals surface area (Å²) in [4.78, 5) is 9.15. The second-order valence-electron chi connectivity index (χ2n) is 7.30. The molecule has 2 atom stereocenters. The molecule has 5 nitrogen and oxygen atoms in total. The van der Waals surface area contributed by atoms with Crippen LogP contribution in [0.3, 0.4) is 0 Å². The van der Waals surface area contributed by atoms with Crippen molar-refractivity contribution in [3.63, 3.8) is 0 Å². The predicted molar refractivity (Wildman–Crippen MR) is 124 cm³/mol. The standard InChI is InChI=1S/C24H20Cl2N2O3/c1-23(28-15-17-9-3-6-12-20(17)30)24(25,26)22(18-10-4-7-13-21(18)31-23)27-14-16-8-2-5-11-19(16)29/h2-15,22,29-30H,1H3/b27-14?,28-15+. The average molecular weight is 455 g/mol. The van der Waals surface area contributed by atoms with Crippen LogP contribution in [-0.2, 0) is 0 Å². The van der Waals surface area contributed by atoms with Gasteiger partial charge < -0.3 is 14.9 Å². The predicted octanol–water partition coefficient (Wildman–Crippen LogP) is 5.66. The number of alkyl halides is 2. The van der Waals surface area contributed by atoms with Crippen LogP contribution in [0.5, 0.6) is 17.2 Å². The smallest absolute Gasteiger partial charge is 0.232 e. The molecule has 0 amide bonds. The fourth-order valence-corrected chi connectivity index (χ4v) is 3.88. The third-order valence-electron chi connectivity index (χ3n) is 5.17. The summed E-state index contributed by atoms with van der Waals surface area (Å²) in [5.74, 6) is 0.729. The maximum atomic E-state index is 10.1. The highest BCUT2D eigenvalue weighted by molar-refractivity contribution is 6.50. The van der Waals surface area contributed by atoms with Crippen molar-refractivity contribution in [2.24, 2.45) is 9.98 Å². The van der Waals surface area contributed by atoms with Crippen molar-refractivity contribution in [3.8, 4) is 17.2 Å². The fourth-order valence-electron chi connectivity index (χ4n) is 3.36. The van der Waals surface area contributed by atoms with Gasteiger partial charge in [-0.2, -0.15) is 0 Å². The summed E-state index contributed by atoms with van der Waals surface area (Å²) >= 11 is 13.7. The summed E-state index contributed by atoms with van der Waals surface area (Å²) in [5, 5.41) is 20.1. The summed E-state index contributed by atoms with van der Waals surface area (Å²) in [7, 11) is 0. The van der Waals surface area contributed by atoms with Gasteiger partial charge in [-0.1, -0.05) is 65.7 Å². The molecule has 158 valence electrons. The normalized spacial score (nSPS) is 22.4. The van der Waals surface area contributed by atoms with E-state index < -0.39 is 16.1 Å². The van der Waals surface area contributed by atoms with Gasteiger partial charge in [0.2, 0.25) is 10.1 Å². The number of para-hydroxylation sites is 3. The average Bonchev–Trinajstić information content (AvgIpc) is 2.75. The van der Waals surface area contributed by atoms with Gasteiger partial charge >= 0.3 is 0 Å². The lowest BCUT2D eigenvalue weighted by molar-refractivity contribution is 0.0534. The molecule has 0 fully saturated rings. The van der Waals surface area contributed by atoms with Crippen molar-refractivity contribution < 1.29 is 14.9 Å². The number of nitrogens with zero attached hydrogens (tertiary/aromatic N) is 2. The van der Waals surface area contributed by atoms with Gasteiger partial charge in [0.05, 0.1) is 0 Å². The van der Waals surface area contributed by atoms with Gasteiger partial charge in [0.15, 0.2) is 0 Å². The second kappa shape index (κ2) is 8.25. The molecule has 2 unspecified atom stereocenters. The Morgan fingerprint density at radius 2 is 1.39 bits per heavy atom. The summed E-state index contributed by atoms with van der Waals surface area (Å²) in [5.41, 5.74) is 0.335. The third-order valence-corrected chi connectivity index (χ3v) is 6.29. The minimum absolute atomic E-state index is 0.0786. The van der Waals surface area contributed by atoms with Crippen molar-refractivity contribution in [2.75, 3.05) is 0 Å². The number of ether oxygens (including phenoxy) is 1. The monoisotopic (exact) mass is 454 g/mol. The van der Waals surface area contributed by atoms with Crippen molar-refractivity contribution in [1.29, 1.82) is 0 Å². The first-order valence-electron chi connectivity index (χ1n) is 9.62. The number of hydrogen-bond donors (Lipinski definition) is 2. The maximum Gasteiger partial charge on any atom is 0.232 e. The van der Waals surface area contributed by atoms with E-state index >= 15 is 0 Å². The molecule has 1 aliphatic rings. The van der Waals surface area contributed by atoms with Gasteiger partial charge in [0.25, 0.3) is 0 Å². The highest BCUT2D eigenvalue weighted by Crippen LogP contribution is 2.55. The summed E-state index contributed by atoms with van der Waals surface area (Å²) in [6.07, 6.45) is 3.02. The zero-order chi connectivity index (χ0) is 22.1. The fraction of sp³-hybridized carbons (Fsp3) is 0.167. The van der Waals surface area contributed by atoms with Crippen LogP contribution >= 0.6 is 23.2 Å². The van der Waals surface area contributed by atoms with Crippen molar-refractivity contribution in [1.82, 2.24) is 0 Å². The molecule has 0 saturated heterocycles. The third kappa shape index (κ3) is 3.99. The van der Waals surface area contributed by atoms with E-state index in [9.17, 15) is 10.2 Å². The highest BCUT2D eigenvalue weighted by atomic mass is 35.5. The van der Waals surface area contributed by atoms with E-state index in [1.165, 1.54) is 12.4 Å². The summed E-state index contributed by atoms with van der Waals surface area (Å²) in [6.45, 7) is 1.67. The lowest BCUT2D eigenvalue weighted by Gasteiger charge is -2.45. The van der Waals surface area contributed by atoms with Crippen LogP contribution in [0, 0.1) is 0 Å². The van der Waals surface area contributed by atoms with Gasteiger partial charge in [-0.05, 0) is 37.3 Å². The molecule has 3 aromatic rings. The number of aromatic hydroxyl groups is 2. The van der Waals surface area contributed by atoms with Crippen molar-refractivity contribution in [3.05, 3.63) is 89.5 Å². The molecular formula is C24H20Cl2N2O3. The summed E-state index contributed by atoms with van der Waals surface area (Å²) in [6, 6.07) is 20.2. The van der Waals surface area contributed by atoms with E-state index in [0.29, 0.717) is 22.4 Å². The number of hydrogen-bond acceptors (Lipinski definition) is 5. The number of rotatable bonds is 4. The lowest BCUT2D eigenvalue weighted by Crippen LogP contribution is -2.53. The number of aliphatic imine (C=N–C) groups is 2. The molecule has 2 N–H and O–H groups in total. The number of phenols is 2. The van der Waals surface area contributed by atoms with Gasteiger partial charge in [-0.15, -0.1) is 0 Å². The molecule has 0 radical (unpaired) electrons. The van der Waals surface area contributed by atoms with Crippen LogP contribution in [0.2, 0.25) is 0 Å². The van der Waals surface area contributed by atoms with Crippen LogP contribution in [0.4, 0.5) is 0 Å². The van der Waals surface area contributed by atoms with Crippen molar-refractivity contribution in [2.45, 2.75) is 23.0 Å². The first-order valence-corrected chi connectivity index (χ1v) is 10.4. The minimum atomic E-state index is -1.59. The molecule has 3 aromatic carbocycles. The van der Waals surface area contributed by atoms with Crippen LogP contribution in [0.15, 0.2) is 82.8 Å². The molecule has 7 heteroatoms. The highest BCUT2D eigenvalue weighted by Gasteiger charge is 2.58. The molecule has 0 bridgehead atoms. The van der Waals surface area contributed by atoms with Crippen LogP contribution in [-0.4, -0.2) is 32.7 Å². The molecule has 0 saturated carbocycles. The van der Waals surface area contributed by atoms with Gasteiger partial charge in [-0.25, -0.2) is 4.99 Å². The largest absolute Gasteiger partial charge is 0.507 e. The van der Waals surface area contributed by atoms with E-state index in [4.69, 9.17) is 27.9 Å². The molecule has 1 heterocycles. The van der Waals surface area contributed by atoms with Gasteiger partial charge in [0.1, 0.15) is 23.3 Å². The van der Waals surface area contributed by atoms with E-state index in [2.05, 4.69) is 9.98 Å². The Morgan fingerprint density at radius 1 is 0.839 bits per heavy atom. The maximum absolute atomic E-state index is 10.1. The van der Waals surface area contributed by atoms with Crippen LogP contribution in [0.1, 0.15) is 29.7 Å². The Kier molecular flexibility index (Phi) is 5.65.